The van der Waals surface area contributed by atoms with Gasteiger partial charge in [-0.1, -0.05) is 12.1 Å². The van der Waals surface area contributed by atoms with Crippen molar-refractivity contribution in [2.24, 2.45) is 5.73 Å². The number of carbonyl (C=O) groups is 1. The summed E-state index contributed by atoms with van der Waals surface area (Å²) in [6, 6.07) is 6.41. The summed E-state index contributed by atoms with van der Waals surface area (Å²) in [6.07, 6.45) is -3.72. The van der Waals surface area contributed by atoms with Crippen LogP contribution < -0.4 is 11.1 Å². The van der Waals surface area contributed by atoms with Crippen LogP contribution in [0, 0.1) is 0 Å². The molecule has 1 amide bonds. The lowest BCUT2D eigenvalue weighted by molar-refractivity contribution is -0.184. The highest BCUT2D eigenvalue weighted by Gasteiger charge is 2.53. The van der Waals surface area contributed by atoms with Crippen LogP contribution in [0.2, 0.25) is 0 Å². The number of hydrogen-bond donors (Lipinski definition) is 3. The fourth-order valence-corrected chi connectivity index (χ4v) is 1.48. The smallest absolute Gasteiger partial charge is 0.396 e. The van der Waals surface area contributed by atoms with E-state index in [1.807, 2.05) is 0 Å². The lowest BCUT2D eigenvalue weighted by Gasteiger charge is -2.26. The van der Waals surface area contributed by atoms with Crippen LogP contribution >= 0.6 is 0 Å². The first-order valence-electron chi connectivity index (χ1n) is 6.05. The van der Waals surface area contributed by atoms with E-state index in [4.69, 9.17) is 10.8 Å². The van der Waals surface area contributed by atoms with Crippen molar-refractivity contribution in [3.05, 3.63) is 29.8 Å². The molecule has 7 heteroatoms. The number of alkyl halides is 3. The van der Waals surface area contributed by atoms with Gasteiger partial charge in [0.2, 0.25) is 0 Å². The van der Waals surface area contributed by atoms with Gasteiger partial charge in [0.25, 0.3) is 5.91 Å². The zero-order chi connectivity index (χ0) is 15.4. The van der Waals surface area contributed by atoms with Gasteiger partial charge >= 0.3 is 6.18 Å². The van der Waals surface area contributed by atoms with Gasteiger partial charge in [0.1, 0.15) is 0 Å². The second kappa shape index (κ2) is 6.23. The Morgan fingerprint density at radius 3 is 2.60 bits per heavy atom. The molecule has 0 saturated carbocycles. The fraction of sp³-hybridized carbons (Fsp3) is 0.462. The Morgan fingerprint density at radius 2 is 2.05 bits per heavy atom. The quantitative estimate of drug-likeness (QED) is 0.774. The summed E-state index contributed by atoms with van der Waals surface area (Å²) < 4.78 is 37.9. The Labute approximate surface area is 114 Å². The Hall–Kier alpha value is -1.60. The van der Waals surface area contributed by atoms with E-state index in [1.54, 1.807) is 18.2 Å². The van der Waals surface area contributed by atoms with Crippen LogP contribution in [0.15, 0.2) is 24.3 Å². The molecule has 1 aromatic rings. The Morgan fingerprint density at radius 1 is 1.40 bits per heavy atom. The predicted octanol–water partition coefficient (Wildman–Crippen LogP) is 1.83. The highest BCUT2D eigenvalue weighted by molar-refractivity contribution is 5.98. The van der Waals surface area contributed by atoms with Crippen LogP contribution in [0.3, 0.4) is 0 Å². The molecule has 1 aromatic carbocycles. The second-order valence-electron chi connectivity index (χ2n) is 4.68. The van der Waals surface area contributed by atoms with Crippen LogP contribution in [-0.4, -0.2) is 29.3 Å². The topological polar surface area (TPSA) is 75.4 Å². The van der Waals surface area contributed by atoms with Crippen LogP contribution in [-0.2, 0) is 11.2 Å². The molecule has 1 unspecified atom stereocenters. The largest absolute Gasteiger partial charge is 0.415 e. The van der Waals surface area contributed by atoms with E-state index in [1.165, 1.54) is 6.07 Å². The number of carbonyl (C=O) groups excluding carboxylic acids is 1. The van der Waals surface area contributed by atoms with E-state index >= 15 is 0 Å². The van der Waals surface area contributed by atoms with Crippen LogP contribution in [0.5, 0.6) is 0 Å². The zero-order valence-corrected chi connectivity index (χ0v) is 11.0. The first-order valence-corrected chi connectivity index (χ1v) is 6.05. The maximum atomic E-state index is 12.6. The van der Waals surface area contributed by atoms with Crippen LogP contribution in [0.4, 0.5) is 18.9 Å². The van der Waals surface area contributed by atoms with Crippen molar-refractivity contribution in [3.63, 3.8) is 0 Å². The summed E-state index contributed by atoms with van der Waals surface area (Å²) in [6.45, 7) is 0.642. The lowest BCUT2D eigenvalue weighted by atomic mass is 10.0. The van der Waals surface area contributed by atoms with Crippen molar-refractivity contribution in [3.8, 4) is 0 Å². The van der Waals surface area contributed by atoms with Gasteiger partial charge in [-0.15, -0.1) is 0 Å². The number of benzene rings is 1. The van der Waals surface area contributed by atoms with Crippen molar-refractivity contribution in [1.82, 2.24) is 0 Å². The fourth-order valence-electron chi connectivity index (χ4n) is 1.48. The van der Waals surface area contributed by atoms with Gasteiger partial charge in [-0.25, -0.2) is 0 Å². The van der Waals surface area contributed by atoms with Gasteiger partial charge in [-0.05, 0) is 37.5 Å². The minimum atomic E-state index is -4.83. The summed E-state index contributed by atoms with van der Waals surface area (Å²) in [4.78, 5) is 11.6. The van der Waals surface area contributed by atoms with Crippen molar-refractivity contribution < 1.29 is 23.1 Å². The molecule has 0 fully saturated rings. The highest BCUT2D eigenvalue weighted by atomic mass is 19.4. The van der Waals surface area contributed by atoms with E-state index in [2.05, 4.69) is 5.32 Å². The molecule has 0 saturated heterocycles. The number of nitrogens with two attached hydrogens (primary N) is 1. The molecule has 0 aromatic heterocycles. The number of amides is 1. The van der Waals surface area contributed by atoms with Crippen molar-refractivity contribution in [1.29, 1.82) is 0 Å². The molecule has 4 nitrogen and oxygen atoms in total. The number of aliphatic hydroxyl groups is 1. The van der Waals surface area contributed by atoms with Crippen LogP contribution in [0.25, 0.3) is 0 Å². The first-order chi connectivity index (χ1) is 9.18. The molecule has 1 atom stereocenters. The summed E-state index contributed by atoms with van der Waals surface area (Å²) in [5.74, 6) is -1.32. The van der Waals surface area contributed by atoms with E-state index in [-0.39, 0.29) is 12.3 Å². The van der Waals surface area contributed by atoms with Gasteiger partial charge in [-0.3, -0.25) is 4.79 Å². The Kier molecular flexibility index (Phi) is 5.13. The number of nitrogens with one attached hydrogen (secondary N) is 1. The molecule has 0 radical (unpaired) electrons. The molecule has 0 bridgehead atoms. The molecule has 0 heterocycles. The summed E-state index contributed by atoms with van der Waals surface area (Å²) in [5.41, 5.74) is 3.13. The standard InChI is InChI=1S/C13H17F3N2O2/c1-12(17,13(14,15)16)11(20)18-10-6-2-4-9(8-10)5-3-7-19/h2,4,6,8,19H,3,5,7,17H2,1H3,(H,18,20). The summed E-state index contributed by atoms with van der Waals surface area (Å²) in [7, 11) is 0. The molecular formula is C13H17F3N2O2. The van der Waals surface area contributed by atoms with E-state index in [0.717, 1.165) is 5.56 Å². The third kappa shape index (κ3) is 3.94. The molecular weight excluding hydrogens is 273 g/mol. The Balaban J connectivity index is 2.81. The second-order valence-corrected chi connectivity index (χ2v) is 4.68. The average Bonchev–Trinajstić information content (AvgIpc) is 2.35. The van der Waals surface area contributed by atoms with E-state index in [0.29, 0.717) is 19.8 Å². The number of hydrogen-bond acceptors (Lipinski definition) is 3. The monoisotopic (exact) mass is 290 g/mol. The zero-order valence-electron chi connectivity index (χ0n) is 11.0. The molecule has 1 rings (SSSR count). The van der Waals surface area contributed by atoms with Gasteiger partial charge in [0, 0.05) is 12.3 Å². The Bertz CT molecular complexity index is 473. The first kappa shape index (κ1) is 16.5. The molecule has 112 valence electrons. The maximum Gasteiger partial charge on any atom is 0.415 e. The minimum absolute atomic E-state index is 0.0194. The number of rotatable bonds is 5. The molecule has 20 heavy (non-hydrogen) atoms. The number of halogens is 3. The van der Waals surface area contributed by atoms with Gasteiger partial charge < -0.3 is 16.2 Å². The SMILES string of the molecule is CC(N)(C(=O)Nc1cccc(CCCO)c1)C(F)(F)F. The normalized spacial score (nSPS) is 14.7. The number of anilines is 1. The molecule has 0 aliphatic carbocycles. The number of aryl methyl sites for hydroxylation is 1. The van der Waals surface area contributed by atoms with Gasteiger partial charge in [0.05, 0.1) is 0 Å². The highest BCUT2D eigenvalue weighted by Crippen LogP contribution is 2.29. The third-order valence-corrected chi connectivity index (χ3v) is 2.87. The summed E-state index contributed by atoms with van der Waals surface area (Å²) >= 11 is 0. The van der Waals surface area contributed by atoms with E-state index < -0.39 is 17.6 Å². The molecule has 0 aliphatic rings. The maximum absolute atomic E-state index is 12.6. The predicted molar refractivity (Wildman–Crippen MR) is 69.1 cm³/mol. The third-order valence-electron chi connectivity index (χ3n) is 2.87. The molecule has 4 N–H and O–H groups in total. The van der Waals surface area contributed by atoms with E-state index in [9.17, 15) is 18.0 Å². The average molecular weight is 290 g/mol. The molecule has 0 aliphatic heterocycles. The van der Waals surface area contributed by atoms with Gasteiger partial charge in [-0.2, -0.15) is 13.2 Å². The minimum Gasteiger partial charge on any atom is -0.396 e. The lowest BCUT2D eigenvalue weighted by Crippen LogP contribution is -2.59. The van der Waals surface area contributed by atoms with Crippen molar-refractivity contribution >= 4 is 11.6 Å². The van der Waals surface area contributed by atoms with Gasteiger partial charge in [0.15, 0.2) is 5.54 Å². The number of aliphatic hydroxyl groups excluding tert-OH is 1. The van der Waals surface area contributed by atoms with Crippen LogP contribution in [0.1, 0.15) is 18.9 Å². The molecule has 0 spiro atoms. The summed E-state index contributed by atoms with van der Waals surface area (Å²) in [5, 5.41) is 10.9. The van der Waals surface area contributed by atoms with Crippen molar-refractivity contribution in [2.45, 2.75) is 31.5 Å². The van der Waals surface area contributed by atoms with Crippen molar-refractivity contribution in [2.75, 3.05) is 11.9 Å².